The summed E-state index contributed by atoms with van der Waals surface area (Å²) in [5.41, 5.74) is 9.47. The molecule has 7 nitrogen and oxygen atoms in total. The molecule has 0 aliphatic heterocycles. The van der Waals surface area contributed by atoms with E-state index < -0.39 is 0 Å². The molecule has 0 saturated heterocycles. The first-order valence-corrected chi connectivity index (χ1v) is 8.49. The number of benzene rings is 2. The molecule has 2 aromatic carbocycles. The van der Waals surface area contributed by atoms with Crippen LogP contribution in [0.1, 0.15) is 11.5 Å². The van der Waals surface area contributed by atoms with E-state index in [9.17, 15) is 0 Å². The number of hydrogen-bond acceptors (Lipinski definition) is 4. The number of imidazole rings is 2. The van der Waals surface area contributed by atoms with E-state index in [-0.39, 0.29) is 0 Å². The van der Waals surface area contributed by atoms with Crippen LogP contribution in [-0.4, -0.2) is 38.7 Å². The average molecular weight is 357 g/mol. The van der Waals surface area contributed by atoms with Crippen LogP contribution in [0.2, 0.25) is 0 Å². The highest BCUT2D eigenvalue weighted by molar-refractivity contribution is 5.99. The number of amidine groups is 1. The minimum atomic E-state index is 0.327. The maximum Gasteiger partial charge on any atom is 0.163 e. The molecule has 0 saturated carbocycles. The monoisotopic (exact) mass is 357 g/mol. The summed E-state index contributed by atoms with van der Waals surface area (Å²) in [4.78, 5) is 17.3. The van der Waals surface area contributed by atoms with Crippen LogP contribution in [0.25, 0.3) is 16.7 Å². The normalized spacial score (nSPS) is 11.8. The Morgan fingerprint density at radius 3 is 2.59 bits per heavy atom. The van der Waals surface area contributed by atoms with Gasteiger partial charge in [-0.15, -0.1) is 0 Å². The molecule has 0 atom stereocenters. The lowest BCUT2D eigenvalue weighted by molar-refractivity contribution is 0.736. The quantitative estimate of drug-likeness (QED) is 0.440. The van der Waals surface area contributed by atoms with Crippen molar-refractivity contribution in [2.24, 2.45) is 15.7 Å². The molecule has 0 fully saturated rings. The Morgan fingerprint density at radius 2 is 1.85 bits per heavy atom. The van der Waals surface area contributed by atoms with Crippen molar-refractivity contribution >= 4 is 29.4 Å². The summed E-state index contributed by atoms with van der Waals surface area (Å²) < 4.78 is 4.01. The fourth-order valence-electron chi connectivity index (χ4n) is 3.14. The molecule has 2 heterocycles. The molecule has 0 radical (unpaired) electrons. The van der Waals surface area contributed by atoms with Gasteiger partial charge in [0.2, 0.25) is 0 Å². The minimum Gasteiger partial charge on any atom is -0.382 e. The zero-order valence-corrected chi connectivity index (χ0v) is 14.9. The number of hydrogen-bond donors (Lipinski definition) is 1. The molecule has 0 unspecified atom stereocenters. The summed E-state index contributed by atoms with van der Waals surface area (Å²) in [5, 5.41) is 0. The molecule has 0 aliphatic rings. The van der Waals surface area contributed by atoms with Gasteiger partial charge in [0.25, 0.3) is 0 Å². The minimum absolute atomic E-state index is 0.327. The zero-order valence-electron chi connectivity index (χ0n) is 14.9. The van der Waals surface area contributed by atoms with Crippen molar-refractivity contribution in [3.63, 3.8) is 0 Å². The van der Waals surface area contributed by atoms with Gasteiger partial charge in [-0.2, -0.15) is 0 Å². The van der Waals surface area contributed by atoms with Crippen molar-refractivity contribution in [1.29, 1.82) is 0 Å². The van der Waals surface area contributed by atoms with Crippen molar-refractivity contribution < 1.29 is 0 Å². The van der Waals surface area contributed by atoms with Gasteiger partial charge in [0.05, 0.1) is 23.9 Å². The van der Waals surface area contributed by atoms with Crippen molar-refractivity contribution in [2.75, 3.05) is 7.05 Å². The number of fused-ring (bicyclic) bond motifs is 1. The lowest BCUT2D eigenvalue weighted by Gasteiger charge is -2.11. The van der Waals surface area contributed by atoms with Gasteiger partial charge in [-0.05, 0) is 31.0 Å². The second-order valence-corrected chi connectivity index (χ2v) is 6.00. The van der Waals surface area contributed by atoms with Crippen molar-refractivity contribution in [2.45, 2.75) is 6.54 Å². The molecule has 7 heteroatoms. The molecular formula is C20H19N7. The van der Waals surface area contributed by atoms with Crippen LogP contribution >= 0.6 is 0 Å². The largest absolute Gasteiger partial charge is 0.382 e. The molecule has 134 valence electrons. The van der Waals surface area contributed by atoms with Crippen LogP contribution < -0.4 is 5.73 Å². The summed E-state index contributed by atoms with van der Waals surface area (Å²) >= 11 is 0. The van der Waals surface area contributed by atoms with E-state index >= 15 is 0 Å². The molecule has 4 rings (SSSR count). The van der Waals surface area contributed by atoms with E-state index in [0.717, 1.165) is 22.5 Å². The number of rotatable bonds is 5. The fourth-order valence-corrected chi connectivity index (χ4v) is 3.14. The molecule has 4 aromatic rings. The highest BCUT2D eigenvalue weighted by Crippen LogP contribution is 2.24. The summed E-state index contributed by atoms with van der Waals surface area (Å²) in [7, 11) is 1.62. The highest BCUT2D eigenvalue weighted by Gasteiger charge is 2.17. The summed E-state index contributed by atoms with van der Waals surface area (Å²) in [6.07, 6.45) is 1.69. The van der Waals surface area contributed by atoms with E-state index in [1.54, 1.807) is 13.4 Å². The second-order valence-electron chi connectivity index (χ2n) is 6.00. The lowest BCUT2D eigenvalue weighted by Crippen LogP contribution is -2.14. The number of aromatic nitrogens is 4. The second kappa shape index (κ2) is 6.87. The van der Waals surface area contributed by atoms with E-state index in [4.69, 9.17) is 10.7 Å². The van der Waals surface area contributed by atoms with Gasteiger partial charge >= 0.3 is 0 Å². The first-order chi connectivity index (χ1) is 13.2. The van der Waals surface area contributed by atoms with Gasteiger partial charge in [0, 0.05) is 12.7 Å². The Balaban J connectivity index is 1.86. The summed E-state index contributed by atoms with van der Waals surface area (Å²) in [6.45, 7) is 4.13. The molecule has 0 amide bonds. The summed E-state index contributed by atoms with van der Waals surface area (Å²) in [5.74, 6) is 1.76. The molecule has 2 N–H and O–H groups in total. The number of aliphatic imine (C=N–C) groups is 2. The van der Waals surface area contributed by atoms with E-state index in [2.05, 4.69) is 44.5 Å². The maximum atomic E-state index is 5.93. The molecule has 0 spiro atoms. The third-order valence-corrected chi connectivity index (χ3v) is 4.40. The van der Waals surface area contributed by atoms with Gasteiger partial charge in [-0.25, -0.2) is 15.0 Å². The Kier molecular flexibility index (Phi) is 4.25. The fraction of sp³-hybridized carbons (Fsp3) is 0.100. The summed E-state index contributed by atoms with van der Waals surface area (Å²) in [6, 6.07) is 18.2. The number of nitrogens with zero attached hydrogens (tertiary/aromatic N) is 6. The Labute approximate surface area is 156 Å². The average Bonchev–Trinajstić information content (AvgIpc) is 3.28. The topological polar surface area (TPSA) is 86.4 Å². The third-order valence-electron chi connectivity index (χ3n) is 4.40. The number of nitrogens with two attached hydrogens (primary N) is 1. The molecule has 0 aliphatic carbocycles. The maximum absolute atomic E-state index is 5.93. The third kappa shape index (κ3) is 2.89. The highest BCUT2D eigenvalue weighted by atomic mass is 15.2. The molecule has 2 aromatic heterocycles. The van der Waals surface area contributed by atoms with Gasteiger partial charge in [0.1, 0.15) is 17.4 Å². The van der Waals surface area contributed by atoms with Gasteiger partial charge in [-0.1, -0.05) is 30.3 Å². The van der Waals surface area contributed by atoms with Crippen LogP contribution in [0.3, 0.4) is 0 Å². The Morgan fingerprint density at radius 1 is 1.11 bits per heavy atom. The van der Waals surface area contributed by atoms with Crippen LogP contribution in [0.15, 0.2) is 70.9 Å². The Bertz CT molecular complexity index is 1140. The van der Waals surface area contributed by atoms with Gasteiger partial charge < -0.3 is 10.3 Å². The number of para-hydroxylation sites is 3. The van der Waals surface area contributed by atoms with Gasteiger partial charge in [0.15, 0.2) is 5.82 Å². The van der Waals surface area contributed by atoms with Gasteiger partial charge in [-0.3, -0.25) is 9.56 Å². The van der Waals surface area contributed by atoms with Crippen molar-refractivity contribution in [3.8, 4) is 5.69 Å². The smallest absolute Gasteiger partial charge is 0.163 e. The standard InChI is InChI=1S/C20H19N7/c1-22-19(21)18-20(23-2)26(13-24-18)12-17-25-15-10-6-7-11-16(15)27(17)14-8-4-3-5-9-14/h3-11,13H,2,12H2,1H3,(H2,21,22). The predicted molar refractivity (Wildman–Crippen MR) is 108 cm³/mol. The van der Waals surface area contributed by atoms with E-state index in [1.807, 2.05) is 41.0 Å². The van der Waals surface area contributed by atoms with Crippen LogP contribution in [0, 0.1) is 0 Å². The lowest BCUT2D eigenvalue weighted by atomic mass is 10.3. The van der Waals surface area contributed by atoms with Crippen molar-refractivity contribution in [1.82, 2.24) is 19.1 Å². The predicted octanol–water partition coefficient (Wildman–Crippen LogP) is 2.94. The molecule has 0 bridgehead atoms. The Hall–Kier alpha value is -3.74. The first-order valence-electron chi connectivity index (χ1n) is 8.49. The SMILES string of the molecule is C=Nc1c(C(N)=NC)ncn1Cc1nc2ccccc2n1-c1ccccc1. The van der Waals surface area contributed by atoms with Crippen LogP contribution in [0.5, 0.6) is 0 Å². The van der Waals surface area contributed by atoms with E-state index in [1.165, 1.54) is 0 Å². The van der Waals surface area contributed by atoms with E-state index in [0.29, 0.717) is 23.9 Å². The van der Waals surface area contributed by atoms with Crippen LogP contribution in [0.4, 0.5) is 5.82 Å². The zero-order chi connectivity index (χ0) is 18.8. The first kappa shape index (κ1) is 16.7. The van der Waals surface area contributed by atoms with Crippen LogP contribution in [-0.2, 0) is 6.54 Å². The molecular weight excluding hydrogens is 338 g/mol. The molecule has 27 heavy (non-hydrogen) atoms. The van der Waals surface area contributed by atoms with Crippen molar-refractivity contribution in [3.05, 3.63) is 72.4 Å².